The van der Waals surface area contributed by atoms with Gasteiger partial charge >= 0.3 is 0 Å². The molecule has 6 nitrogen and oxygen atoms in total. The highest BCUT2D eigenvalue weighted by atomic mass is 16.5. The lowest BCUT2D eigenvalue weighted by atomic mass is 10.5. The Morgan fingerprint density at radius 1 is 1.58 bits per heavy atom. The summed E-state index contributed by atoms with van der Waals surface area (Å²) in [5, 5.41) is 14.2. The summed E-state index contributed by atoms with van der Waals surface area (Å²) in [5.41, 5.74) is 0. The van der Waals surface area contributed by atoms with E-state index in [-0.39, 0.29) is 0 Å². The van der Waals surface area contributed by atoms with Gasteiger partial charge in [-0.05, 0) is 17.5 Å². The van der Waals surface area contributed by atoms with Crippen molar-refractivity contribution in [3.8, 4) is 0 Å². The molecule has 6 heteroatoms. The summed E-state index contributed by atoms with van der Waals surface area (Å²) in [7, 11) is 3.51. The zero-order valence-electron chi connectivity index (χ0n) is 7.32. The number of methoxy groups -OCH3 is 1. The van der Waals surface area contributed by atoms with Crippen molar-refractivity contribution in [1.82, 2.24) is 25.5 Å². The first-order valence-corrected chi connectivity index (χ1v) is 3.77. The van der Waals surface area contributed by atoms with Gasteiger partial charge in [0.15, 0.2) is 5.82 Å². The van der Waals surface area contributed by atoms with Crippen LogP contribution < -0.4 is 5.32 Å². The van der Waals surface area contributed by atoms with E-state index in [1.165, 1.54) is 0 Å². The molecule has 1 N–H and O–H groups in total. The van der Waals surface area contributed by atoms with Crippen molar-refractivity contribution in [1.29, 1.82) is 0 Å². The lowest BCUT2D eigenvalue weighted by Crippen LogP contribution is -2.15. The quantitative estimate of drug-likeness (QED) is 0.618. The highest BCUT2D eigenvalue weighted by molar-refractivity contribution is 4.78. The zero-order chi connectivity index (χ0) is 8.81. The number of rotatable bonds is 5. The van der Waals surface area contributed by atoms with E-state index in [0.29, 0.717) is 19.7 Å². The smallest absolute Gasteiger partial charge is 0.165 e. The Hall–Kier alpha value is -1.01. The first kappa shape index (κ1) is 9.08. The average molecular weight is 171 g/mol. The van der Waals surface area contributed by atoms with Crippen molar-refractivity contribution < 1.29 is 4.74 Å². The van der Waals surface area contributed by atoms with Crippen molar-refractivity contribution in [3.63, 3.8) is 0 Å². The summed E-state index contributed by atoms with van der Waals surface area (Å²) in [6.45, 7) is 2.00. The SMILES string of the molecule is CNCc1nnnn1CCOC. The minimum atomic E-state index is 0.627. The molecular formula is C6H13N5O. The maximum Gasteiger partial charge on any atom is 0.165 e. The van der Waals surface area contributed by atoms with E-state index >= 15 is 0 Å². The standard InChI is InChI=1S/C6H13N5O/c1-7-5-6-8-9-10-11(6)3-4-12-2/h7H,3-5H2,1-2H3. The Morgan fingerprint density at radius 2 is 2.42 bits per heavy atom. The molecule has 0 aliphatic rings. The molecule has 68 valence electrons. The number of hydrogen-bond acceptors (Lipinski definition) is 5. The van der Waals surface area contributed by atoms with Crippen molar-refractivity contribution in [2.45, 2.75) is 13.1 Å². The van der Waals surface area contributed by atoms with Crippen LogP contribution in [0.3, 0.4) is 0 Å². The summed E-state index contributed by atoms with van der Waals surface area (Å²) in [4.78, 5) is 0. The summed E-state index contributed by atoms with van der Waals surface area (Å²) in [6, 6.07) is 0. The van der Waals surface area contributed by atoms with E-state index in [1.807, 2.05) is 7.05 Å². The lowest BCUT2D eigenvalue weighted by molar-refractivity contribution is 0.181. The summed E-state index contributed by atoms with van der Waals surface area (Å²) >= 11 is 0. The molecule has 0 spiro atoms. The fourth-order valence-corrected chi connectivity index (χ4v) is 0.859. The molecule has 0 aromatic carbocycles. The fraction of sp³-hybridized carbons (Fsp3) is 0.833. The van der Waals surface area contributed by atoms with E-state index in [2.05, 4.69) is 20.8 Å². The highest BCUT2D eigenvalue weighted by Gasteiger charge is 2.02. The van der Waals surface area contributed by atoms with Gasteiger partial charge in [0.2, 0.25) is 0 Å². The molecule has 0 radical (unpaired) electrons. The van der Waals surface area contributed by atoms with E-state index in [0.717, 1.165) is 5.82 Å². The predicted molar refractivity (Wildman–Crippen MR) is 42.5 cm³/mol. The third-order valence-corrected chi connectivity index (χ3v) is 1.45. The van der Waals surface area contributed by atoms with E-state index in [1.54, 1.807) is 11.8 Å². The van der Waals surface area contributed by atoms with Gasteiger partial charge in [-0.2, -0.15) is 0 Å². The normalized spacial score (nSPS) is 10.5. The van der Waals surface area contributed by atoms with E-state index in [4.69, 9.17) is 4.74 Å². The number of hydrogen-bond donors (Lipinski definition) is 1. The number of aromatic nitrogens is 4. The Morgan fingerprint density at radius 3 is 3.08 bits per heavy atom. The Bertz CT molecular complexity index is 223. The molecule has 12 heavy (non-hydrogen) atoms. The van der Waals surface area contributed by atoms with E-state index in [9.17, 15) is 0 Å². The second-order valence-corrected chi connectivity index (χ2v) is 2.34. The predicted octanol–water partition coefficient (Wildman–Crippen LogP) is -0.961. The topological polar surface area (TPSA) is 64.9 Å². The van der Waals surface area contributed by atoms with Crippen LogP contribution in [0.25, 0.3) is 0 Å². The molecule has 0 unspecified atom stereocenters. The second-order valence-electron chi connectivity index (χ2n) is 2.34. The van der Waals surface area contributed by atoms with Crippen molar-refractivity contribution >= 4 is 0 Å². The number of nitrogens with one attached hydrogen (secondary N) is 1. The highest BCUT2D eigenvalue weighted by Crippen LogP contribution is 1.90. The third kappa shape index (κ3) is 2.24. The second kappa shape index (κ2) is 4.78. The van der Waals surface area contributed by atoms with Crippen LogP contribution in [0.5, 0.6) is 0 Å². The molecule has 0 fully saturated rings. The number of tetrazole rings is 1. The van der Waals surface area contributed by atoms with Gasteiger partial charge in [-0.3, -0.25) is 0 Å². The van der Waals surface area contributed by atoms with Gasteiger partial charge in [-0.15, -0.1) is 5.10 Å². The molecule has 1 aromatic rings. The largest absolute Gasteiger partial charge is 0.383 e. The Labute approximate surface area is 70.9 Å². The molecule has 0 aliphatic carbocycles. The Balaban J connectivity index is 2.51. The molecule has 0 aliphatic heterocycles. The van der Waals surface area contributed by atoms with Crippen molar-refractivity contribution in [2.24, 2.45) is 0 Å². The zero-order valence-corrected chi connectivity index (χ0v) is 7.32. The van der Waals surface area contributed by atoms with Gasteiger partial charge in [-0.1, -0.05) is 0 Å². The summed E-state index contributed by atoms with van der Waals surface area (Å²) in [6.07, 6.45) is 0. The van der Waals surface area contributed by atoms with Crippen molar-refractivity contribution in [3.05, 3.63) is 5.82 Å². The molecule has 0 atom stereocenters. The molecule has 1 heterocycles. The number of nitrogens with zero attached hydrogens (tertiary/aromatic N) is 4. The minimum Gasteiger partial charge on any atom is -0.383 e. The van der Waals surface area contributed by atoms with Crippen LogP contribution in [0, 0.1) is 0 Å². The Kier molecular flexibility index (Phi) is 3.62. The molecular weight excluding hydrogens is 158 g/mol. The van der Waals surface area contributed by atoms with E-state index < -0.39 is 0 Å². The van der Waals surface area contributed by atoms with Gasteiger partial charge in [-0.25, -0.2) is 4.68 Å². The fourth-order valence-electron chi connectivity index (χ4n) is 0.859. The summed E-state index contributed by atoms with van der Waals surface area (Å²) < 4.78 is 6.63. The third-order valence-electron chi connectivity index (χ3n) is 1.45. The monoisotopic (exact) mass is 171 g/mol. The van der Waals surface area contributed by atoms with Gasteiger partial charge in [0, 0.05) is 7.11 Å². The van der Waals surface area contributed by atoms with Crippen LogP contribution in [0.15, 0.2) is 0 Å². The first-order chi connectivity index (χ1) is 5.88. The van der Waals surface area contributed by atoms with Crippen LogP contribution in [-0.4, -0.2) is 41.0 Å². The molecule has 0 amide bonds. The molecule has 0 bridgehead atoms. The van der Waals surface area contributed by atoms with Crippen LogP contribution in [0.2, 0.25) is 0 Å². The van der Waals surface area contributed by atoms with Crippen molar-refractivity contribution in [2.75, 3.05) is 20.8 Å². The van der Waals surface area contributed by atoms with Gasteiger partial charge in [0.05, 0.1) is 19.7 Å². The van der Waals surface area contributed by atoms with Gasteiger partial charge < -0.3 is 10.1 Å². The van der Waals surface area contributed by atoms with Crippen LogP contribution in [0.4, 0.5) is 0 Å². The van der Waals surface area contributed by atoms with Crippen LogP contribution >= 0.6 is 0 Å². The molecule has 0 saturated heterocycles. The first-order valence-electron chi connectivity index (χ1n) is 3.77. The number of ether oxygens (including phenoxy) is 1. The maximum atomic E-state index is 4.91. The molecule has 1 rings (SSSR count). The molecule has 0 saturated carbocycles. The van der Waals surface area contributed by atoms with Gasteiger partial charge in [0.1, 0.15) is 0 Å². The lowest BCUT2D eigenvalue weighted by Gasteiger charge is -2.01. The maximum absolute atomic E-state index is 4.91. The molecule has 1 aromatic heterocycles. The van der Waals surface area contributed by atoms with Crippen LogP contribution in [-0.2, 0) is 17.8 Å². The summed E-state index contributed by atoms with van der Waals surface area (Å²) in [5.74, 6) is 0.828. The van der Waals surface area contributed by atoms with Gasteiger partial charge in [0.25, 0.3) is 0 Å². The average Bonchev–Trinajstić information content (AvgIpc) is 2.50. The van der Waals surface area contributed by atoms with Crippen LogP contribution in [0.1, 0.15) is 5.82 Å². The minimum absolute atomic E-state index is 0.627.